The van der Waals surface area contributed by atoms with Crippen molar-refractivity contribution >= 4 is 21.4 Å². The zero-order chi connectivity index (χ0) is 17.2. The standard InChI is InChI=1S/C12H15N5O5S/c1-3-9(12-14-7(2)22-16-12)15-10-5-4-8(23(13,20)21)6-11(10)17(18)19/h4-6,9,15H,3H2,1-2H3,(H2,13,20,21). The minimum absolute atomic E-state index is 0.136. The molecular weight excluding hydrogens is 326 g/mol. The van der Waals surface area contributed by atoms with Crippen LogP contribution in [0.4, 0.5) is 11.4 Å². The molecule has 0 bridgehead atoms. The first kappa shape index (κ1) is 16.8. The van der Waals surface area contributed by atoms with Crippen molar-refractivity contribution in [3.63, 3.8) is 0 Å². The molecule has 23 heavy (non-hydrogen) atoms. The molecule has 0 aliphatic carbocycles. The summed E-state index contributed by atoms with van der Waals surface area (Å²) in [6.07, 6.45) is 0.535. The molecular formula is C12H15N5O5S. The molecule has 11 heteroatoms. The van der Waals surface area contributed by atoms with Gasteiger partial charge in [-0.05, 0) is 18.6 Å². The molecule has 1 atom stereocenters. The lowest BCUT2D eigenvalue weighted by molar-refractivity contribution is -0.384. The summed E-state index contributed by atoms with van der Waals surface area (Å²) in [5, 5.41) is 22.9. The minimum Gasteiger partial charge on any atom is -0.369 e. The van der Waals surface area contributed by atoms with Gasteiger partial charge in [-0.3, -0.25) is 10.1 Å². The fraction of sp³-hybridized carbons (Fsp3) is 0.333. The number of anilines is 1. The molecule has 0 aliphatic heterocycles. The van der Waals surface area contributed by atoms with Crippen LogP contribution in [0.25, 0.3) is 0 Å². The Labute approximate surface area is 131 Å². The van der Waals surface area contributed by atoms with Crippen LogP contribution in [0, 0.1) is 17.0 Å². The summed E-state index contributed by atoms with van der Waals surface area (Å²) in [5.74, 6) is 0.731. The fourth-order valence-electron chi connectivity index (χ4n) is 1.95. The van der Waals surface area contributed by atoms with Crippen LogP contribution in [-0.4, -0.2) is 23.5 Å². The summed E-state index contributed by atoms with van der Waals surface area (Å²) < 4.78 is 27.5. The molecule has 0 fully saturated rings. The molecule has 0 saturated heterocycles. The SMILES string of the molecule is CCC(Nc1ccc(S(N)(=O)=O)cc1[N+](=O)[O-])c1noc(C)n1. The van der Waals surface area contributed by atoms with Crippen molar-refractivity contribution in [2.45, 2.75) is 31.2 Å². The van der Waals surface area contributed by atoms with Crippen molar-refractivity contribution in [1.82, 2.24) is 10.1 Å². The van der Waals surface area contributed by atoms with Crippen LogP contribution >= 0.6 is 0 Å². The molecule has 10 nitrogen and oxygen atoms in total. The number of hydrogen-bond donors (Lipinski definition) is 2. The zero-order valence-corrected chi connectivity index (χ0v) is 13.2. The molecule has 0 amide bonds. The molecule has 1 aromatic carbocycles. The van der Waals surface area contributed by atoms with E-state index in [1.54, 1.807) is 6.92 Å². The Kier molecular flexibility index (Phi) is 4.61. The highest BCUT2D eigenvalue weighted by Crippen LogP contribution is 2.30. The molecule has 0 aliphatic rings. The van der Waals surface area contributed by atoms with E-state index in [0.29, 0.717) is 18.1 Å². The number of rotatable bonds is 6. The molecule has 0 saturated carbocycles. The topological polar surface area (TPSA) is 154 Å². The van der Waals surface area contributed by atoms with Crippen molar-refractivity contribution in [2.75, 3.05) is 5.32 Å². The number of nitrogens with two attached hydrogens (primary N) is 1. The number of aromatic nitrogens is 2. The number of nitrogens with one attached hydrogen (secondary N) is 1. The quantitative estimate of drug-likeness (QED) is 0.591. The molecule has 2 rings (SSSR count). The van der Waals surface area contributed by atoms with Gasteiger partial charge in [0.1, 0.15) is 5.69 Å². The van der Waals surface area contributed by atoms with E-state index >= 15 is 0 Å². The predicted molar refractivity (Wildman–Crippen MR) is 80.2 cm³/mol. The number of aryl methyl sites for hydroxylation is 1. The molecule has 1 aromatic heterocycles. The van der Waals surface area contributed by atoms with E-state index < -0.39 is 26.7 Å². The average molecular weight is 341 g/mol. The van der Waals surface area contributed by atoms with Crippen molar-refractivity contribution in [1.29, 1.82) is 0 Å². The van der Waals surface area contributed by atoms with Crippen LogP contribution in [0.15, 0.2) is 27.6 Å². The van der Waals surface area contributed by atoms with Crippen LogP contribution in [0.2, 0.25) is 0 Å². The Morgan fingerprint density at radius 1 is 1.48 bits per heavy atom. The van der Waals surface area contributed by atoms with E-state index in [-0.39, 0.29) is 10.6 Å². The van der Waals surface area contributed by atoms with Gasteiger partial charge in [0, 0.05) is 13.0 Å². The smallest absolute Gasteiger partial charge is 0.293 e. The summed E-state index contributed by atoms with van der Waals surface area (Å²) >= 11 is 0. The van der Waals surface area contributed by atoms with Crippen molar-refractivity contribution < 1.29 is 17.9 Å². The zero-order valence-electron chi connectivity index (χ0n) is 12.4. The second kappa shape index (κ2) is 6.30. The number of nitro groups is 1. The Morgan fingerprint density at radius 3 is 2.65 bits per heavy atom. The number of benzene rings is 1. The van der Waals surface area contributed by atoms with Crippen molar-refractivity contribution in [2.24, 2.45) is 5.14 Å². The second-order valence-corrected chi connectivity index (χ2v) is 6.32. The third-order valence-corrected chi connectivity index (χ3v) is 4.00. The summed E-state index contributed by atoms with van der Waals surface area (Å²) in [5.41, 5.74) is -0.271. The summed E-state index contributed by atoms with van der Waals surface area (Å²) in [6.45, 7) is 3.47. The molecule has 124 valence electrons. The molecule has 1 heterocycles. The van der Waals surface area contributed by atoms with Crippen LogP contribution in [0.3, 0.4) is 0 Å². The Bertz CT molecular complexity index is 832. The van der Waals surface area contributed by atoms with Gasteiger partial charge in [-0.1, -0.05) is 12.1 Å². The van der Waals surface area contributed by atoms with Gasteiger partial charge in [0.05, 0.1) is 15.9 Å². The van der Waals surface area contributed by atoms with E-state index in [2.05, 4.69) is 15.5 Å². The van der Waals surface area contributed by atoms with Gasteiger partial charge in [0.15, 0.2) is 5.82 Å². The highest BCUT2D eigenvalue weighted by Gasteiger charge is 2.23. The Hall–Kier alpha value is -2.53. The first-order valence-electron chi connectivity index (χ1n) is 6.60. The number of nitro benzene ring substituents is 1. The molecule has 1 unspecified atom stereocenters. The Balaban J connectivity index is 2.40. The third kappa shape index (κ3) is 3.81. The van der Waals surface area contributed by atoms with Gasteiger partial charge >= 0.3 is 0 Å². The monoisotopic (exact) mass is 341 g/mol. The number of sulfonamides is 1. The van der Waals surface area contributed by atoms with Crippen LogP contribution < -0.4 is 10.5 Å². The summed E-state index contributed by atoms with van der Waals surface area (Å²) in [7, 11) is -4.03. The first-order valence-corrected chi connectivity index (χ1v) is 8.15. The number of primary sulfonamides is 1. The minimum atomic E-state index is -4.03. The van der Waals surface area contributed by atoms with Gasteiger partial charge in [-0.25, -0.2) is 13.6 Å². The van der Waals surface area contributed by atoms with Crippen LogP contribution in [0.5, 0.6) is 0 Å². The van der Waals surface area contributed by atoms with E-state index in [4.69, 9.17) is 9.66 Å². The van der Waals surface area contributed by atoms with Crippen LogP contribution in [-0.2, 0) is 10.0 Å². The lowest BCUT2D eigenvalue weighted by Crippen LogP contribution is -2.15. The second-order valence-electron chi connectivity index (χ2n) is 4.76. The predicted octanol–water partition coefficient (Wildman–Crippen LogP) is 1.50. The summed E-state index contributed by atoms with van der Waals surface area (Å²) in [6, 6.07) is 2.96. The van der Waals surface area contributed by atoms with Crippen molar-refractivity contribution in [3.05, 3.63) is 40.0 Å². The van der Waals surface area contributed by atoms with Gasteiger partial charge in [-0.15, -0.1) is 0 Å². The molecule has 2 aromatic rings. The fourth-order valence-corrected chi connectivity index (χ4v) is 2.49. The lowest BCUT2D eigenvalue weighted by Gasteiger charge is -2.15. The highest BCUT2D eigenvalue weighted by molar-refractivity contribution is 7.89. The van der Waals surface area contributed by atoms with Gasteiger partial charge in [0.25, 0.3) is 5.69 Å². The van der Waals surface area contributed by atoms with Gasteiger partial charge in [-0.2, -0.15) is 4.98 Å². The summed E-state index contributed by atoms with van der Waals surface area (Å²) in [4.78, 5) is 14.3. The van der Waals surface area contributed by atoms with E-state index in [1.807, 2.05) is 6.92 Å². The first-order chi connectivity index (χ1) is 10.7. The largest absolute Gasteiger partial charge is 0.369 e. The maximum Gasteiger partial charge on any atom is 0.293 e. The number of hydrogen-bond acceptors (Lipinski definition) is 8. The molecule has 0 spiro atoms. The molecule has 3 N–H and O–H groups in total. The van der Waals surface area contributed by atoms with E-state index in [9.17, 15) is 18.5 Å². The lowest BCUT2D eigenvalue weighted by atomic mass is 10.2. The van der Waals surface area contributed by atoms with Crippen molar-refractivity contribution in [3.8, 4) is 0 Å². The number of nitrogens with zero attached hydrogens (tertiary/aromatic N) is 3. The normalized spacial score (nSPS) is 12.8. The maximum absolute atomic E-state index is 11.3. The van der Waals surface area contributed by atoms with E-state index in [0.717, 1.165) is 6.07 Å². The van der Waals surface area contributed by atoms with E-state index in [1.165, 1.54) is 12.1 Å². The third-order valence-electron chi connectivity index (χ3n) is 3.09. The van der Waals surface area contributed by atoms with Gasteiger partial charge < -0.3 is 9.84 Å². The molecule has 0 radical (unpaired) electrons. The van der Waals surface area contributed by atoms with Gasteiger partial charge in [0.2, 0.25) is 15.9 Å². The highest BCUT2D eigenvalue weighted by atomic mass is 32.2. The average Bonchev–Trinajstić information content (AvgIpc) is 2.89. The maximum atomic E-state index is 11.3. The Morgan fingerprint density at radius 2 is 2.17 bits per heavy atom. The van der Waals surface area contributed by atoms with Crippen LogP contribution in [0.1, 0.15) is 31.1 Å².